The minimum Gasteiger partial charge on any atom is -0.270 e. The molecular formula is C12H11BrFN5S. The van der Waals surface area contributed by atoms with Gasteiger partial charge in [0.05, 0.1) is 11.7 Å². The minimum absolute atomic E-state index is 0.248. The molecule has 1 atom stereocenters. The number of hydrogen-bond donors (Lipinski definition) is 2. The average molecular weight is 356 g/mol. The maximum Gasteiger partial charge on any atom is 0.153 e. The molecule has 0 fully saturated rings. The monoisotopic (exact) mass is 355 g/mol. The molecule has 2 heterocycles. The van der Waals surface area contributed by atoms with Crippen molar-refractivity contribution < 1.29 is 4.39 Å². The first-order chi connectivity index (χ1) is 9.60. The predicted octanol–water partition coefficient (Wildman–Crippen LogP) is 2.48. The van der Waals surface area contributed by atoms with Gasteiger partial charge in [-0.2, -0.15) is 0 Å². The molecule has 0 aliphatic carbocycles. The Kier molecular flexibility index (Phi) is 3.55. The maximum absolute atomic E-state index is 13.3. The van der Waals surface area contributed by atoms with E-state index in [1.165, 1.54) is 12.1 Å². The molecule has 0 bridgehead atoms. The molecule has 8 heteroatoms. The van der Waals surface area contributed by atoms with E-state index in [4.69, 9.17) is 5.84 Å². The molecule has 1 unspecified atom stereocenters. The molecule has 104 valence electrons. The van der Waals surface area contributed by atoms with Gasteiger partial charge in [-0.1, -0.05) is 5.21 Å². The van der Waals surface area contributed by atoms with Gasteiger partial charge in [-0.15, -0.1) is 16.4 Å². The zero-order valence-electron chi connectivity index (χ0n) is 10.5. The van der Waals surface area contributed by atoms with E-state index in [1.807, 2.05) is 6.07 Å². The number of aryl methyl sites for hydroxylation is 1. The summed E-state index contributed by atoms with van der Waals surface area (Å²) in [6, 6.07) is 6.40. The van der Waals surface area contributed by atoms with Gasteiger partial charge in [0.2, 0.25) is 0 Å². The number of hydrazine groups is 1. The van der Waals surface area contributed by atoms with Crippen LogP contribution in [0.4, 0.5) is 4.39 Å². The lowest BCUT2D eigenvalue weighted by Gasteiger charge is -2.14. The van der Waals surface area contributed by atoms with Crippen molar-refractivity contribution in [1.29, 1.82) is 0 Å². The number of nitrogens with zero attached hydrogens (tertiary/aromatic N) is 3. The third-order valence-corrected chi connectivity index (χ3v) is 4.79. The van der Waals surface area contributed by atoms with Crippen LogP contribution < -0.4 is 11.3 Å². The molecule has 5 nitrogen and oxygen atoms in total. The van der Waals surface area contributed by atoms with Gasteiger partial charge in [0, 0.05) is 16.6 Å². The number of aromatic nitrogens is 3. The Labute approximate surface area is 126 Å². The van der Waals surface area contributed by atoms with Gasteiger partial charge in [-0.05, 0) is 45.6 Å². The second-order valence-electron chi connectivity index (χ2n) is 4.32. The Balaban J connectivity index is 2.12. The maximum atomic E-state index is 13.3. The van der Waals surface area contributed by atoms with Crippen molar-refractivity contribution >= 4 is 37.4 Å². The Morgan fingerprint density at radius 3 is 2.90 bits per heavy atom. The van der Waals surface area contributed by atoms with E-state index in [0.717, 1.165) is 20.7 Å². The molecule has 3 rings (SSSR count). The van der Waals surface area contributed by atoms with Crippen LogP contribution in [0.15, 0.2) is 28.9 Å². The molecule has 0 saturated carbocycles. The number of hydrogen-bond acceptors (Lipinski definition) is 5. The van der Waals surface area contributed by atoms with E-state index in [-0.39, 0.29) is 11.9 Å². The molecule has 0 amide bonds. The van der Waals surface area contributed by atoms with E-state index in [1.54, 1.807) is 29.1 Å². The van der Waals surface area contributed by atoms with Gasteiger partial charge in [0.1, 0.15) is 5.82 Å². The Morgan fingerprint density at radius 2 is 2.25 bits per heavy atom. The zero-order chi connectivity index (χ0) is 14.3. The van der Waals surface area contributed by atoms with Gasteiger partial charge >= 0.3 is 0 Å². The Morgan fingerprint density at radius 1 is 1.45 bits per heavy atom. The summed E-state index contributed by atoms with van der Waals surface area (Å²) < 4.78 is 16.6. The second kappa shape index (κ2) is 5.21. The summed E-state index contributed by atoms with van der Waals surface area (Å²) in [6.45, 7) is 0. The van der Waals surface area contributed by atoms with Crippen molar-refractivity contribution in [3.8, 4) is 0 Å². The average Bonchev–Trinajstić information content (AvgIpc) is 2.97. The van der Waals surface area contributed by atoms with Gasteiger partial charge in [0.25, 0.3) is 0 Å². The molecule has 1 aromatic carbocycles. The third kappa shape index (κ3) is 2.24. The van der Waals surface area contributed by atoms with Crippen molar-refractivity contribution in [2.24, 2.45) is 12.9 Å². The molecule has 0 aliphatic rings. The van der Waals surface area contributed by atoms with E-state index in [9.17, 15) is 4.39 Å². The lowest BCUT2D eigenvalue weighted by atomic mass is 10.1. The Hall–Kier alpha value is -1.35. The largest absolute Gasteiger partial charge is 0.270 e. The smallest absolute Gasteiger partial charge is 0.153 e. The zero-order valence-corrected chi connectivity index (χ0v) is 12.9. The number of benzene rings is 1. The quantitative estimate of drug-likeness (QED) is 0.559. The van der Waals surface area contributed by atoms with E-state index >= 15 is 0 Å². The first kappa shape index (κ1) is 13.6. The fraction of sp³-hybridized carbons (Fsp3) is 0.167. The van der Waals surface area contributed by atoms with Crippen LogP contribution in [-0.2, 0) is 7.05 Å². The fourth-order valence-corrected chi connectivity index (χ4v) is 3.78. The molecule has 2 aromatic heterocycles. The van der Waals surface area contributed by atoms with E-state index in [0.29, 0.717) is 4.60 Å². The van der Waals surface area contributed by atoms with Crippen molar-refractivity contribution in [2.45, 2.75) is 6.04 Å². The van der Waals surface area contributed by atoms with E-state index < -0.39 is 0 Å². The molecule has 0 saturated heterocycles. The van der Waals surface area contributed by atoms with E-state index in [2.05, 4.69) is 31.7 Å². The lowest BCUT2D eigenvalue weighted by molar-refractivity contribution is 0.575. The lowest BCUT2D eigenvalue weighted by Crippen LogP contribution is -2.30. The van der Waals surface area contributed by atoms with Crippen molar-refractivity contribution in [1.82, 2.24) is 20.4 Å². The van der Waals surface area contributed by atoms with Gasteiger partial charge < -0.3 is 0 Å². The number of nitrogens with one attached hydrogen (secondary N) is 1. The van der Waals surface area contributed by atoms with Crippen LogP contribution in [0.5, 0.6) is 0 Å². The Bertz CT molecular complexity index is 749. The van der Waals surface area contributed by atoms with Gasteiger partial charge in [0.15, 0.2) is 4.60 Å². The van der Waals surface area contributed by atoms with Crippen molar-refractivity contribution in [3.05, 3.63) is 45.3 Å². The van der Waals surface area contributed by atoms with Crippen LogP contribution >= 0.6 is 27.3 Å². The molecule has 0 radical (unpaired) electrons. The first-order valence-electron chi connectivity index (χ1n) is 5.80. The van der Waals surface area contributed by atoms with Crippen LogP contribution in [0.1, 0.15) is 16.6 Å². The van der Waals surface area contributed by atoms with Crippen LogP contribution in [-0.4, -0.2) is 15.0 Å². The SMILES string of the molecule is Cn1nnc(Br)c1C(NN)c1cc2cc(F)ccc2s1. The normalized spacial score (nSPS) is 13.0. The second-order valence-corrected chi connectivity index (χ2v) is 6.19. The topological polar surface area (TPSA) is 68.8 Å². The number of halogens is 2. The van der Waals surface area contributed by atoms with Crippen LogP contribution in [0, 0.1) is 5.82 Å². The van der Waals surface area contributed by atoms with Crippen molar-refractivity contribution in [3.63, 3.8) is 0 Å². The predicted molar refractivity (Wildman–Crippen MR) is 79.7 cm³/mol. The highest BCUT2D eigenvalue weighted by molar-refractivity contribution is 9.10. The number of nitrogens with two attached hydrogens (primary N) is 1. The summed E-state index contributed by atoms with van der Waals surface area (Å²) in [5.74, 6) is 5.43. The highest BCUT2D eigenvalue weighted by Crippen LogP contribution is 2.34. The summed E-state index contributed by atoms with van der Waals surface area (Å²) >= 11 is 4.92. The van der Waals surface area contributed by atoms with Gasteiger partial charge in [-0.25, -0.2) is 14.5 Å². The summed E-state index contributed by atoms with van der Waals surface area (Å²) in [5.41, 5.74) is 3.58. The first-order valence-corrected chi connectivity index (χ1v) is 7.41. The van der Waals surface area contributed by atoms with Crippen LogP contribution in [0.2, 0.25) is 0 Å². The summed E-state index contributed by atoms with van der Waals surface area (Å²) in [7, 11) is 1.80. The van der Waals surface area contributed by atoms with Crippen LogP contribution in [0.25, 0.3) is 10.1 Å². The highest BCUT2D eigenvalue weighted by Gasteiger charge is 2.22. The highest BCUT2D eigenvalue weighted by atomic mass is 79.9. The molecule has 20 heavy (non-hydrogen) atoms. The van der Waals surface area contributed by atoms with Crippen molar-refractivity contribution in [2.75, 3.05) is 0 Å². The summed E-state index contributed by atoms with van der Waals surface area (Å²) in [5, 5.41) is 8.76. The molecular weight excluding hydrogens is 345 g/mol. The fourth-order valence-electron chi connectivity index (χ4n) is 2.12. The summed E-state index contributed by atoms with van der Waals surface area (Å²) in [4.78, 5) is 0.971. The number of thiophene rings is 1. The standard InChI is InChI=1S/C12H11BrFN5S/c1-19-11(12(13)17-18-19)10(16-15)9-5-6-4-7(14)2-3-8(6)20-9/h2-5,10,16H,15H2,1H3. The van der Waals surface area contributed by atoms with Crippen LogP contribution in [0.3, 0.4) is 0 Å². The number of rotatable bonds is 3. The molecule has 0 aliphatic heterocycles. The molecule has 0 spiro atoms. The summed E-state index contributed by atoms with van der Waals surface area (Å²) in [6.07, 6.45) is 0. The third-order valence-electron chi connectivity index (χ3n) is 3.05. The molecule has 3 aromatic rings. The minimum atomic E-state index is -0.259. The number of fused-ring (bicyclic) bond motifs is 1. The van der Waals surface area contributed by atoms with Gasteiger partial charge in [-0.3, -0.25) is 5.84 Å². The molecule has 3 N–H and O–H groups in total.